The van der Waals surface area contributed by atoms with Crippen molar-refractivity contribution in [3.8, 4) is 0 Å². The van der Waals surface area contributed by atoms with Gasteiger partial charge in [0.2, 0.25) is 10.0 Å². The van der Waals surface area contributed by atoms with Gasteiger partial charge in [-0.05, 0) is 37.0 Å². The van der Waals surface area contributed by atoms with Gasteiger partial charge in [0.1, 0.15) is 0 Å². The number of nitrogens with zero attached hydrogens (tertiary/aromatic N) is 1. The van der Waals surface area contributed by atoms with Crippen molar-refractivity contribution in [3.63, 3.8) is 0 Å². The van der Waals surface area contributed by atoms with Crippen LogP contribution in [0.4, 0.5) is 5.69 Å². The van der Waals surface area contributed by atoms with Crippen LogP contribution in [-0.2, 0) is 10.0 Å². The number of benzene rings is 1. The van der Waals surface area contributed by atoms with E-state index in [1.54, 1.807) is 0 Å². The Morgan fingerprint density at radius 1 is 1.47 bits per heavy atom. The molecule has 0 radical (unpaired) electrons. The van der Waals surface area contributed by atoms with Gasteiger partial charge in [-0.15, -0.1) is 0 Å². The summed E-state index contributed by atoms with van der Waals surface area (Å²) in [5, 5.41) is 9.07. The van der Waals surface area contributed by atoms with Crippen molar-refractivity contribution in [2.24, 2.45) is 5.92 Å². The molecule has 0 saturated heterocycles. The lowest BCUT2D eigenvalue weighted by Crippen LogP contribution is -2.30. The lowest BCUT2D eigenvalue weighted by molar-refractivity contribution is 0.0692. The van der Waals surface area contributed by atoms with E-state index < -0.39 is 16.0 Å². The van der Waals surface area contributed by atoms with Crippen LogP contribution in [-0.4, -0.2) is 37.4 Å². The number of aromatic carboxylic acids is 1. The molecule has 0 aliphatic heterocycles. The van der Waals surface area contributed by atoms with Gasteiger partial charge in [0.25, 0.3) is 0 Å². The van der Waals surface area contributed by atoms with E-state index in [1.807, 2.05) is 0 Å². The summed E-state index contributed by atoms with van der Waals surface area (Å²) in [6, 6.07) is 3.79. The highest BCUT2D eigenvalue weighted by Crippen LogP contribution is 2.31. The summed E-state index contributed by atoms with van der Waals surface area (Å²) in [6.45, 7) is 0.413. The monoisotopic (exact) mass is 284 g/mol. The lowest BCUT2D eigenvalue weighted by atomic mass is 10.2. The second kappa shape index (κ2) is 4.82. The molecule has 1 saturated carbocycles. The van der Waals surface area contributed by atoms with Crippen LogP contribution in [0.1, 0.15) is 23.2 Å². The van der Waals surface area contributed by atoms with Crippen molar-refractivity contribution in [2.75, 3.05) is 19.3 Å². The number of sulfonamides is 1. The van der Waals surface area contributed by atoms with E-state index in [0.717, 1.165) is 12.8 Å². The molecule has 3 N–H and O–H groups in total. The average molecular weight is 284 g/mol. The fourth-order valence-electron chi connectivity index (χ4n) is 1.86. The molecule has 1 fully saturated rings. The van der Waals surface area contributed by atoms with Gasteiger partial charge in [-0.25, -0.2) is 17.5 Å². The molecular formula is C12H16N2O4S. The van der Waals surface area contributed by atoms with Crippen LogP contribution >= 0.6 is 0 Å². The normalized spacial score (nSPS) is 15.7. The largest absolute Gasteiger partial charge is 0.478 e. The van der Waals surface area contributed by atoms with Gasteiger partial charge in [-0.3, -0.25) is 0 Å². The molecule has 0 aromatic heterocycles. The smallest absolute Gasteiger partial charge is 0.337 e. The first-order chi connectivity index (χ1) is 8.82. The van der Waals surface area contributed by atoms with Crippen LogP contribution in [0.3, 0.4) is 0 Å². The number of carbonyl (C=O) groups is 1. The number of nitrogen functional groups attached to an aromatic ring is 1. The molecule has 7 heteroatoms. The summed E-state index contributed by atoms with van der Waals surface area (Å²) >= 11 is 0. The molecule has 2 rings (SSSR count). The first-order valence-corrected chi connectivity index (χ1v) is 7.35. The highest BCUT2D eigenvalue weighted by molar-refractivity contribution is 7.89. The highest BCUT2D eigenvalue weighted by Gasteiger charge is 2.31. The van der Waals surface area contributed by atoms with Crippen molar-refractivity contribution in [1.82, 2.24) is 4.31 Å². The molecule has 1 aliphatic carbocycles. The zero-order valence-electron chi connectivity index (χ0n) is 10.5. The van der Waals surface area contributed by atoms with Crippen molar-refractivity contribution in [1.29, 1.82) is 0 Å². The molecule has 1 aromatic carbocycles. The molecule has 19 heavy (non-hydrogen) atoms. The van der Waals surface area contributed by atoms with Crippen LogP contribution in [0.5, 0.6) is 0 Å². The molecule has 0 bridgehead atoms. The van der Waals surface area contributed by atoms with Gasteiger partial charge in [-0.2, -0.15) is 0 Å². The van der Waals surface area contributed by atoms with Crippen LogP contribution in [0, 0.1) is 5.92 Å². The van der Waals surface area contributed by atoms with E-state index >= 15 is 0 Å². The van der Waals surface area contributed by atoms with E-state index in [4.69, 9.17) is 10.8 Å². The second-order valence-corrected chi connectivity index (χ2v) is 6.80. The zero-order chi connectivity index (χ0) is 14.2. The van der Waals surface area contributed by atoms with E-state index in [-0.39, 0.29) is 16.1 Å². The second-order valence-electron chi connectivity index (χ2n) is 4.79. The Hall–Kier alpha value is -1.60. The maximum atomic E-state index is 12.4. The highest BCUT2D eigenvalue weighted by atomic mass is 32.2. The number of hydrogen-bond donors (Lipinski definition) is 2. The topological polar surface area (TPSA) is 101 Å². The van der Waals surface area contributed by atoms with Crippen LogP contribution < -0.4 is 5.73 Å². The number of hydrogen-bond acceptors (Lipinski definition) is 4. The number of nitrogens with two attached hydrogens (primary N) is 1. The van der Waals surface area contributed by atoms with Crippen molar-refractivity contribution >= 4 is 21.7 Å². The van der Waals surface area contributed by atoms with Crippen LogP contribution in [0.2, 0.25) is 0 Å². The minimum atomic E-state index is -3.82. The quantitative estimate of drug-likeness (QED) is 0.785. The van der Waals surface area contributed by atoms with Gasteiger partial charge >= 0.3 is 5.97 Å². The summed E-state index contributed by atoms with van der Waals surface area (Å²) in [7, 11) is -2.36. The minimum absolute atomic E-state index is 0.225. The van der Waals surface area contributed by atoms with Gasteiger partial charge in [-0.1, -0.05) is 0 Å². The Balaban J connectivity index is 2.43. The molecule has 1 aromatic rings. The Morgan fingerprint density at radius 2 is 2.11 bits per heavy atom. The van der Waals surface area contributed by atoms with E-state index in [2.05, 4.69) is 0 Å². The molecule has 0 amide bonds. The fourth-order valence-corrected chi connectivity index (χ4v) is 3.32. The van der Waals surface area contributed by atoms with Gasteiger partial charge in [0.15, 0.2) is 0 Å². The summed E-state index contributed by atoms with van der Waals surface area (Å²) < 4.78 is 26.0. The standard InChI is InChI=1S/C12H16N2O4S/c1-14(7-8-2-3-8)19(17,18)11-6-9(13)4-5-10(11)12(15)16/h4-6,8H,2-3,7,13H2,1H3,(H,15,16). The van der Waals surface area contributed by atoms with Crippen LogP contribution in [0.15, 0.2) is 23.1 Å². The predicted octanol–water partition coefficient (Wildman–Crippen LogP) is 0.997. The summed E-state index contributed by atoms with van der Waals surface area (Å²) in [5.74, 6) is -0.896. The Bertz CT molecular complexity index is 608. The molecule has 0 atom stereocenters. The number of carboxylic acids is 1. The Morgan fingerprint density at radius 3 is 2.63 bits per heavy atom. The SMILES string of the molecule is CN(CC1CC1)S(=O)(=O)c1cc(N)ccc1C(=O)O. The molecule has 0 unspecified atom stereocenters. The maximum absolute atomic E-state index is 12.4. The molecule has 1 aliphatic rings. The average Bonchev–Trinajstić information content (AvgIpc) is 3.12. The third kappa shape index (κ3) is 2.87. The number of anilines is 1. The van der Waals surface area contributed by atoms with E-state index in [9.17, 15) is 13.2 Å². The van der Waals surface area contributed by atoms with E-state index in [1.165, 1.54) is 29.6 Å². The Labute approximate surface area is 111 Å². The van der Waals surface area contributed by atoms with Gasteiger partial charge in [0, 0.05) is 19.3 Å². The molecule has 0 heterocycles. The maximum Gasteiger partial charge on any atom is 0.337 e. The van der Waals surface area contributed by atoms with Crippen molar-refractivity contribution in [2.45, 2.75) is 17.7 Å². The molecule has 104 valence electrons. The summed E-state index contributed by atoms with van der Waals surface area (Å²) in [4.78, 5) is 10.9. The number of rotatable bonds is 5. The van der Waals surface area contributed by atoms with Crippen molar-refractivity contribution in [3.05, 3.63) is 23.8 Å². The first-order valence-electron chi connectivity index (χ1n) is 5.91. The van der Waals surface area contributed by atoms with Gasteiger partial charge in [0.05, 0.1) is 10.5 Å². The number of carboxylic acid groups (broad SMARTS) is 1. The van der Waals surface area contributed by atoms with Gasteiger partial charge < -0.3 is 10.8 Å². The van der Waals surface area contributed by atoms with E-state index in [0.29, 0.717) is 12.5 Å². The van der Waals surface area contributed by atoms with Crippen LogP contribution in [0.25, 0.3) is 0 Å². The fraction of sp³-hybridized carbons (Fsp3) is 0.417. The minimum Gasteiger partial charge on any atom is -0.478 e. The molecular weight excluding hydrogens is 268 g/mol. The molecule has 6 nitrogen and oxygen atoms in total. The third-order valence-electron chi connectivity index (χ3n) is 3.14. The summed E-state index contributed by atoms with van der Waals surface area (Å²) in [6.07, 6.45) is 2.03. The predicted molar refractivity (Wildman–Crippen MR) is 70.4 cm³/mol. The third-order valence-corrected chi connectivity index (χ3v) is 5.00. The molecule has 0 spiro atoms. The lowest BCUT2D eigenvalue weighted by Gasteiger charge is -2.18. The Kier molecular flexibility index (Phi) is 3.51. The summed E-state index contributed by atoms with van der Waals surface area (Å²) in [5.41, 5.74) is 5.53. The van der Waals surface area contributed by atoms with Crippen molar-refractivity contribution < 1.29 is 18.3 Å². The zero-order valence-corrected chi connectivity index (χ0v) is 11.4. The first kappa shape index (κ1) is 13.8.